The van der Waals surface area contributed by atoms with Gasteiger partial charge in [-0.1, -0.05) is 42.5 Å². The number of hydrogen-bond donors (Lipinski definition) is 1. The number of rotatable bonds is 9. The van der Waals surface area contributed by atoms with Crippen molar-refractivity contribution < 1.29 is 28.6 Å². The number of anilines is 1. The van der Waals surface area contributed by atoms with Crippen LogP contribution < -0.4 is 24.4 Å². The number of nitrogens with one attached hydrogen (secondary N) is 1. The van der Waals surface area contributed by atoms with Crippen LogP contribution in [0.25, 0.3) is 16.8 Å². The highest BCUT2D eigenvalue weighted by molar-refractivity contribution is 9.11. The summed E-state index contributed by atoms with van der Waals surface area (Å²) in [5.74, 6) is -0.275. The van der Waals surface area contributed by atoms with E-state index >= 15 is 0 Å². The summed E-state index contributed by atoms with van der Waals surface area (Å²) in [6.45, 7) is 4.65. The van der Waals surface area contributed by atoms with Crippen LogP contribution in [0.3, 0.4) is 0 Å². The number of imide groups is 2. The van der Waals surface area contributed by atoms with E-state index < -0.39 is 17.8 Å². The Hall–Kier alpha value is -4.15. The predicted molar refractivity (Wildman–Crippen MR) is 168 cm³/mol. The molecule has 1 heterocycles. The molecule has 1 aliphatic heterocycles. The quantitative estimate of drug-likeness (QED) is 0.145. The number of ether oxygens (including phenoxy) is 3. The van der Waals surface area contributed by atoms with E-state index in [1.807, 2.05) is 31.2 Å². The van der Waals surface area contributed by atoms with Gasteiger partial charge in [-0.05, 0) is 97.9 Å². The number of amides is 4. The third kappa shape index (κ3) is 6.05. The largest absolute Gasteiger partial charge is 0.494 e. The smallest absolute Gasteiger partial charge is 0.336 e. The number of halogens is 2. The maximum Gasteiger partial charge on any atom is 0.336 e. The molecule has 0 saturated carbocycles. The molecule has 10 heteroatoms. The second-order valence-electron chi connectivity index (χ2n) is 9.19. The van der Waals surface area contributed by atoms with Gasteiger partial charge in [0.05, 0.1) is 27.8 Å². The van der Waals surface area contributed by atoms with Crippen molar-refractivity contribution in [3.63, 3.8) is 0 Å². The number of benzene rings is 4. The van der Waals surface area contributed by atoms with Gasteiger partial charge in [0.2, 0.25) is 0 Å². The average Bonchev–Trinajstić information content (AvgIpc) is 2.96. The van der Waals surface area contributed by atoms with Crippen molar-refractivity contribution in [2.75, 3.05) is 18.1 Å². The number of hydrogen-bond acceptors (Lipinski definition) is 6. The molecule has 5 rings (SSSR count). The molecule has 1 fully saturated rings. The Morgan fingerprint density at radius 1 is 0.833 bits per heavy atom. The molecule has 0 radical (unpaired) electrons. The molecule has 8 nitrogen and oxygen atoms in total. The third-order valence-corrected chi connectivity index (χ3v) is 7.65. The molecule has 0 aliphatic carbocycles. The topological polar surface area (TPSA) is 94.2 Å². The molecule has 0 bridgehead atoms. The SMILES string of the molecule is CCOc1ccc(OCC)c(N2C(=O)NC(=O)/C(=C\c3cc(Br)c(OCc4cccc5ccccc45)c(Br)c3)C2=O)c1. The zero-order chi connectivity index (χ0) is 29.8. The molecule has 4 aromatic carbocycles. The van der Waals surface area contributed by atoms with Crippen LogP contribution in [-0.4, -0.2) is 31.1 Å². The molecule has 1 aliphatic rings. The Morgan fingerprint density at radius 2 is 1.55 bits per heavy atom. The fraction of sp³-hybridized carbons (Fsp3) is 0.156. The molecule has 4 aromatic rings. The first-order chi connectivity index (χ1) is 20.3. The molecular weight excluding hydrogens is 668 g/mol. The molecule has 0 atom stereocenters. The predicted octanol–water partition coefficient (Wildman–Crippen LogP) is 7.41. The van der Waals surface area contributed by atoms with Gasteiger partial charge in [0.15, 0.2) is 0 Å². The summed E-state index contributed by atoms with van der Waals surface area (Å²) in [6, 6.07) is 21.6. The van der Waals surface area contributed by atoms with Crippen molar-refractivity contribution >= 4 is 72.2 Å². The third-order valence-electron chi connectivity index (χ3n) is 6.47. The number of carbonyl (C=O) groups excluding carboxylic acids is 3. The highest BCUT2D eigenvalue weighted by Gasteiger charge is 2.38. The Bertz CT molecular complexity index is 1710. The summed E-state index contributed by atoms with van der Waals surface area (Å²) >= 11 is 7.12. The fourth-order valence-electron chi connectivity index (χ4n) is 4.62. The van der Waals surface area contributed by atoms with Crippen LogP contribution in [0.2, 0.25) is 0 Å². The number of carbonyl (C=O) groups is 3. The molecule has 42 heavy (non-hydrogen) atoms. The van der Waals surface area contributed by atoms with Crippen molar-refractivity contribution in [3.05, 3.63) is 98.4 Å². The zero-order valence-corrected chi connectivity index (χ0v) is 26.0. The number of barbiturate groups is 1. The first-order valence-electron chi connectivity index (χ1n) is 13.2. The first-order valence-corrected chi connectivity index (χ1v) is 14.8. The first kappa shape index (κ1) is 29.3. The zero-order valence-electron chi connectivity index (χ0n) is 22.8. The molecule has 214 valence electrons. The van der Waals surface area contributed by atoms with E-state index in [4.69, 9.17) is 14.2 Å². The van der Waals surface area contributed by atoms with Crippen LogP contribution in [-0.2, 0) is 16.2 Å². The standard InChI is InChI=1S/C32H26Br2N2O6/c1-3-40-22-12-13-28(41-4-2)27(17-22)36-31(38)24(30(37)35-32(36)39)14-19-15-25(33)29(26(34)16-19)42-18-21-10-7-9-20-8-5-6-11-23(20)21/h5-17H,3-4,18H2,1-2H3,(H,35,37,39)/b24-14+. The summed E-state index contributed by atoms with van der Waals surface area (Å²) < 4.78 is 18.6. The summed E-state index contributed by atoms with van der Waals surface area (Å²) in [6.07, 6.45) is 1.42. The normalized spacial score (nSPS) is 14.3. The molecule has 0 aromatic heterocycles. The highest BCUT2D eigenvalue weighted by atomic mass is 79.9. The number of nitrogens with zero attached hydrogens (tertiary/aromatic N) is 1. The molecule has 4 amide bonds. The van der Waals surface area contributed by atoms with Crippen molar-refractivity contribution in [1.29, 1.82) is 0 Å². The lowest BCUT2D eigenvalue weighted by Gasteiger charge is -2.28. The van der Waals surface area contributed by atoms with Gasteiger partial charge in [-0.25, -0.2) is 9.69 Å². The maximum atomic E-state index is 13.6. The van der Waals surface area contributed by atoms with Crippen molar-refractivity contribution in [2.24, 2.45) is 0 Å². The van der Waals surface area contributed by atoms with E-state index in [0.717, 1.165) is 21.2 Å². The van der Waals surface area contributed by atoms with Gasteiger partial charge in [-0.3, -0.25) is 14.9 Å². The Kier molecular flexibility index (Phi) is 8.94. The number of fused-ring (bicyclic) bond motifs is 1. The summed E-state index contributed by atoms with van der Waals surface area (Å²) in [7, 11) is 0. The Labute approximate surface area is 259 Å². The van der Waals surface area contributed by atoms with Crippen LogP contribution in [0.1, 0.15) is 25.0 Å². The lowest BCUT2D eigenvalue weighted by atomic mass is 10.1. The minimum absolute atomic E-state index is 0.170. The average molecular weight is 694 g/mol. The van der Waals surface area contributed by atoms with E-state index in [1.165, 1.54) is 12.1 Å². The summed E-state index contributed by atoms with van der Waals surface area (Å²) in [5.41, 5.74) is 1.52. The molecule has 1 saturated heterocycles. The van der Waals surface area contributed by atoms with E-state index in [9.17, 15) is 14.4 Å². The Morgan fingerprint density at radius 3 is 2.29 bits per heavy atom. The minimum atomic E-state index is -0.878. The molecular formula is C32H26Br2N2O6. The lowest BCUT2D eigenvalue weighted by molar-refractivity contribution is -0.122. The van der Waals surface area contributed by atoms with Crippen LogP contribution in [0.5, 0.6) is 17.2 Å². The lowest BCUT2D eigenvalue weighted by Crippen LogP contribution is -2.54. The van der Waals surface area contributed by atoms with Gasteiger partial charge >= 0.3 is 6.03 Å². The van der Waals surface area contributed by atoms with E-state index in [1.54, 1.807) is 31.2 Å². The monoisotopic (exact) mass is 692 g/mol. The summed E-state index contributed by atoms with van der Waals surface area (Å²) in [4.78, 5) is 40.2. The van der Waals surface area contributed by atoms with E-state index in [0.29, 0.717) is 51.6 Å². The highest BCUT2D eigenvalue weighted by Crippen LogP contribution is 2.38. The molecule has 1 N–H and O–H groups in total. The van der Waals surface area contributed by atoms with Gasteiger partial charge in [-0.15, -0.1) is 0 Å². The maximum absolute atomic E-state index is 13.6. The van der Waals surface area contributed by atoms with E-state index in [-0.39, 0.29) is 11.3 Å². The Balaban J connectivity index is 1.44. The second kappa shape index (κ2) is 12.8. The summed E-state index contributed by atoms with van der Waals surface area (Å²) in [5, 5.41) is 4.49. The second-order valence-corrected chi connectivity index (χ2v) is 10.9. The van der Waals surface area contributed by atoms with Crippen LogP contribution in [0.15, 0.2) is 87.3 Å². The van der Waals surface area contributed by atoms with Crippen LogP contribution in [0, 0.1) is 0 Å². The fourth-order valence-corrected chi connectivity index (χ4v) is 6.07. The van der Waals surface area contributed by atoms with Gasteiger partial charge in [0.25, 0.3) is 11.8 Å². The minimum Gasteiger partial charge on any atom is -0.494 e. The van der Waals surface area contributed by atoms with Gasteiger partial charge in [0.1, 0.15) is 29.4 Å². The van der Waals surface area contributed by atoms with E-state index in [2.05, 4.69) is 55.4 Å². The van der Waals surface area contributed by atoms with Crippen molar-refractivity contribution in [1.82, 2.24) is 5.32 Å². The van der Waals surface area contributed by atoms with Gasteiger partial charge in [0, 0.05) is 6.07 Å². The van der Waals surface area contributed by atoms with Crippen molar-refractivity contribution in [2.45, 2.75) is 20.5 Å². The molecule has 0 unspecified atom stereocenters. The van der Waals surface area contributed by atoms with Crippen LogP contribution in [0.4, 0.5) is 10.5 Å². The van der Waals surface area contributed by atoms with Crippen molar-refractivity contribution in [3.8, 4) is 17.2 Å². The van der Waals surface area contributed by atoms with Gasteiger partial charge in [-0.2, -0.15) is 0 Å². The van der Waals surface area contributed by atoms with Gasteiger partial charge < -0.3 is 14.2 Å². The number of urea groups is 1. The van der Waals surface area contributed by atoms with Crippen LogP contribution >= 0.6 is 31.9 Å². The molecule has 0 spiro atoms.